The van der Waals surface area contributed by atoms with Gasteiger partial charge >= 0.3 is 6.61 Å². The van der Waals surface area contributed by atoms with Crippen LogP contribution in [0.3, 0.4) is 0 Å². The first-order chi connectivity index (χ1) is 9.08. The average Bonchev–Trinajstić information content (AvgIpc) is 2.38. The molecular weight excluding hydrogens is 257 g/mol. The molecule has 0 unspecified atom stereocenters. The van der Waals surface area contributed by atoms with Crippen LogP contribution in [0.4, 0.5) is 13.2 Å². The van der Waals surface area contributed by atoms with Crippen molar-refractivity contribution in [1.82, 2.24) is 0 Å². The summed E-state index contributed by atoms with van der Waals surface area (Å²) >= 11 is 0. The van der Waals surface area contributed by atoms with E-state index in [1.54, 1.807) is 0 Å². The maximum atomic E-state index is 13.1. The van der Waals surface area contributed by atoms with Crippen LogP contribution in [0.5, 0.6) is 5.75 Å². The molecule has 0 fully saturated rings. The van der Waals surface area contributed by atoms with E-state index < -0.39 is 18.2 Å². The Morgan fingerprint density at radius 3 is 2.47 bits per heavy atom. The Labute approximate surface area is 107 Å². The minimum absolute atomic E-state index is 0.0339. The molecule has 0 saturated carbocycles. The molecule has 0 atom stereocenters. The van der Waals surface area contributed by atoms with E-state index in [1.807, 2.05) is 0 Å². The zero-order chi connectivity index (χ0) is 13.8. The highest BCUT2D eigenvalue weighted by Gasteiger charge is 2.17. The summed E-state index contributed by atoms with van der Waals surface area (Å²) in [4.78, 5) is 12.1. The van der Waals surface area contributed by atoms with Crippen LogP contribution in [-0.4, -0.2) is 12.4 Å². The molecule has 19 heavy (non-hydrogen) atoms. The molecule has 0 aliphatic heterocycles. The summed E-state index contributed by atoms with van der Waals surface area (Å²) < 4.78 is 41.8. The Bertz CT molecular complexity index is 597. The summed E-state index contributed by atoms with van der Waals surface area (Å²) in [6, 6.07) is 10.6. The normalized spacial score (nSPS) is 10.5. The number of benzene rings is 2. The van der Waals surface area contributed by atoms with Crippen molar-refractivity contribution in [3.63, 3.8) is 0 Å². The molecular formula is C14H9F3O2. The zero-order valence-corrected chi connectivity index (χ0v) is 9.65. The number of para-hydroxylation sites is 1. The van der Waals surface area contributed by atoms with Crippen molar-refractivity contribution in [2.75, 3.05) is 0 Å². The molecule has 2 aromatic rings. The predicted molar refractivity (Wildman–Crippen MR) is 62.9 cm³/mol. The number of alkyl halides is 2. The molecule has 98 valence electrons. The van der Waals surface area contributed by atoms with Gasteiger partial charge in [-0.25, -0.2) is 4.39 Å². The molecule has 0 N–H and O–H groups in total. The molecule has 0 saturated heterocycles. The van der Waals surface area contributed by atoms with Crippen LogP contribution >= 0.6 is 0 Å². The van der Waals surface area contributed by atoms with Gasteiger partial charge in [0.2, 0.25) is 0 Å². The number of carbonyl (C=O) groups is 1. The fourth-order valence-electron chi connectivity index (χ4n) is 1.64. The molecule has 2 aromatic carbocycles. The minimum atomic E-state index is -3.03. The first kappa shape index (κ1) is 13.1. The van der Waals surface area contributed by atoms with Crippen LogP contribution in [0, 0.1) is 5.82 Å². The number of ketones is 1. The Morgan fingerprint density at radius 2 is 1.79 bits per heavy atom. The van der Waals surface area contributed by atoms with E-state index >= 15 is 0 Å². The van der Waals surface area contributed by atoms with Gasteiger partial charge in [-0.1, -0.05) is 24.3 Å². The van der Waals surface area contributed by atoms with Gasteiger partial charge in [-0.3, -0.25) is 4.79 Å². The van der Waals surface area contributed by atoms with E-state index in [0.717, 1.165) is 6.07 Å². The van der Waals surface area contributed by atoms with E-state index in [0.29, 0.717) is 0 Å². The summed E-state index contributed by atoms with van der Waals surface area (Å²) in [5.41, 5.74) is 0.0405. The minimum Gasteiger partial charge on any atom is -0.434 e. The summed E-state index contributed by atoms with van der Waals surface area (Å²) in [6.07, 6.45) is 0. The van der Waals surface area contributed by atoms with Gasteiger partial charge in [0.1, 0.15) is 11.6 Å². The largest absolute Gasteiger partial charge is 0.434 e. The van der Waals surface area contributed by atoms with Crippen molar-refractivity contribution in [3.8, 4) is 5.75 Å². The molecule has 0 aliphatic carbocycles. The van der Waals surface area contributed by atoms with Crippen LogP contribution in [0.15, 0.2) is 48.5 Å². The highest BCUT2D eigenvalue weighted by molar-refractivity contribution is 6.10. The van der Waals surface area contributed by atoms with Crippen molar-refractivity contribution >= 4 is 5.78 Å². The summed E-state index contributed by atoms with van der Waals surface area (Å²) in [7, 11) is 0. The van der Waals surface area contributed by atoms with Crippen LogP contribution in [0.1, 0.15) is 15.9 Å². The van der Waals surface area contributed by atoms with E-state index in [4.69, 9.17) is 0 Å². The standard InChI is InChI=1S/C14H9F3O2/c15-10-5-3-4-9(8-10)13(18)11-6-1-2-7-12(11)19-14(16)17/h1-8,14H. The van der Waals surface area contributed by atoms with Crippen LogP contribution in [0.25, 0.3) is 0 Å². The van der Waals surface area contributed by atoms with Crippen molar-refractivity contribution in [2.45, 2.75) is 6.61 Å². The molecule has 2 rings (SSSR count). The molecule has 0 spiro atoms. The van der Waals surface area contributed by atoms with Crippen molar-refractivity contribution in [1.29, 1.82) is 0 Å². The maximum Gasteiger partial charge on any atom is 0.387 e. The lowest BCUT2D eigenvalue weighted by molar-refractivity contribution is -0.0501. The Kier molecular flexibility index (Phi) is 3.85. The van der Waals surface area contributed by atoms with E-state index in [9.17, 15) is 18.0 Å². The molecule has 0 amide bonds. The summed E-state index contributed by atoms with van der Waals surface area (Å²) in [5, 5.41) is 0. The van der Waals surface area contributed by atoms with Gasteiger partial charge in [-0.2, -0.15) is 8.78 Å². The summed E-state index contributed by atoms with van der Waals surface area (Å²) in [6.45, 7) is -3.03. The maximum absolute atomic E-state index is 13.1. The lowest BCUT2D eigenvalue weighted by Crippen LogP contribution is -2.09. The van der Waals surface area contributed by atoms with Gasteiger partial charge in [0.25, 0.3) is 0 Å². The average molecular weight is 266 g/mol. The highest BCUT2D eigenvalue weighted by atomic mass is 19.3. The number of rotatable bonds is 4. The first-order valence-corrected chi connectivity index (χ1v) is 5.42. The number of halogens is 3. The molecule has 0 bridgehead atoms. The Hall–Kier alpha value is -2.30. The number of carbonyl (C=O) groups excluding carboxylic acids is 1. The van der Waals surface area contributed by atoms with Gasteiger partial charge in [-0.05, 0) is 24.3 Å². The predicted octanol–water partition coefficient (Wildman–Crippen LogP) is 3.66. The van der Waals surface area contributed by atoms with Gasteiger partial charge in [0.05, 0.1) is 5.56 Å². The molecule has 0 aromatic heterocycles. The van der Waals surface area contributed by atoms with Gasteiger partial charge < -0.3 is 4.74 Å². The van der Waals surface area contributed by atoms with Crippen molar-refractivity contribution in [2.24, 2.45) is 0 Å². The molecule has 0 heterocycles. The molecule has 2 nitrogen and oxygen atoms in total. The third-order valence-corrected chi connectivity index (χ3v) is 2.43. The van der Waals surface area contributed by atoms with E-state index in [2.05, 4.69) is 4.74 Å². The molecule has 0 radical (unpaired) electrons. The van der Waals surface area contributed by atoms with Gasteiger partial charge in [0.15, 0.2) is 5.78 Å². The highest BCUT2D eigenvalue weighted by Crippen LogP contribution is 2.23. The van der Waals surface area contributed by atoms with Crippen molar-refractivity contribution in [3.05, 3.63) is 65.5 Å². The molecule has 0 aliphatic rings. The number of ether oxygens (including phenoxy) is 1. The third-order valence-electron chi connectivity index (χ3n) is 2.43. The second kappa shape index (κ2) is 5.56. The van der Waals surface area contributed by atoms with E-state index in [-0.39, 0.29) is 16.9 Å². The lowest BCUT2D eigenvalue weighted by Gasteiger charge is -2.09. The van der Waals surface area contributed by atoms with E-state index in [1.165, 1.54) is 42.5 Å². The van der Waals surface area contributed by atoms with Crippen LogP contribution in [-0.2, 0) is 0 Å². The number of hydrogen-bond acceptors (Lipinski definition) is 2. The topological polar surface area (TPSA) is 26.3 Å². The third kappa shape index (κ3) is 3.13. The quantitative estimate of drug-likeness (QED) is 0.789. The van der Waals surface area contributed by atoms with Crippen LogP contribution < -0.4 is 4.74 Å². The fourth-order valence-corrected chi connectivity index (χ4v) is 1.64. The molecule has 5 heteroatoms. The fraction of sp³-hybridized carbons (Fsp3) is 0.0714. The van der Waals surface area contributed by atoms with Gasteiger partial charge in [-0.15, -0.1) is 0 Å². The first-order valence-electron chi connectivity index (χ1n) is 5.42. The smallest absolute Gasteiger partial charge is 0.387 e. The van der Waals surface area contributed by atoms with Gasteiger partial charge in [0, 0.05) is 5.56 Å². The Morgan fingerprint density at radius 1 is 1.05 bits per heavy atom. The zero-order valence-electron chi connectivity index (χ0n) is 9.65. The number of hydrogen-bond donors (Lipinski definition) is 0. The second-order valence-corrected chi connectivity index (χ2v) is 3.71. The van der Waals surface area contributed by atoms with Crippen LogP contribution in [0.2, 0.25) is 0 Å². The SMILES string of the molecule is O=C(c1cccc(F)c1)c1ccccc1OC(F)F. The van der Waals surface area contributed by atoms with Crippen molar-refractivity contribution < 1.29 is 22.7 Å². The monoisotopic (exact) mass is 266 g/mol. The second-order valence-electron chi connectivity index (χ2n) is 3.71. The summed E-state index contributed by atoms with van der Waals surface area (Å²) in [5.74, 6) is -1.37. The Balaban J connectivity index is 2.39. The lowest BCUT2D eigenvalue weighted by atomic mass is 10.0.